The molecule has 0 spiro atoms. The van der Waals surface area contributed by atoms with E-state index in [9.17, 15) is 37.5 Å². The molecule has 11 nitrogen and oxygen atoms in total. The summed E-state index contributed by atoms with van der Waals surface area (Å²) in [7, 11) is 0. The first-order chi connectivity index (χ1) is 15.2. The number of carbonyl (C=O) groups excluding carboxylic acids is 4. The molecule has 0 fully saturated rings. The van der Waals surface area contributed by atoms with Crippen molar-refractivity contribution >= 4 is 35.3 Å². The van der Waals surface area contributed by atoms with Gasteiger partial charge >= 0.3 is 11.9 Å². The highest BCUT2D eigenvalue weighted by Gasteiger charge is 2.36. The minimum atomic E-state index is -1.65. The summed E-state index contributed by atoms with van der Waals surface area (Å²) in [5, 5.41) is 22.0. The summed E-state index contributed by atoms with van der Waals surface area (Å²) in [6, 6.07) is -3.31. The van der Waals surface area contributed by atoms with E-state index in [-0.39, 0.29) is 0 Å². The second kappa shape index (κ2) is 14.2. The van der Waals surface area contributed by atoms with Gasteiger partial charge in [-0.1, -0.05) is 27.7 Å². The van der Waals surface area contributed by atoms with Gasteiger partial charge in [0.15, 0.2) is 11.6 Å². The molecule has 0 radical (unpaired) electrons. The fourth-order valence-electron chi connectivity index (χ4n) is 2.74. The first-order valence-electron chi connectivity index (χ1n) is 10.1. The molecule has 0 saturated carbocycles. The van der Waals surface area contributed by atoms with E-state index >= 15 is 0 Å². The van der Waals surface area contributed by atoms with Gasteiger partial charge in [0.05, 0.1) is 12.8 Å². The number of hydrogen-bond acceptors (Lipinski definition) is 7. The van der Waals surface area contributed by atoms with Crippen LogP contribution in [0.1, 0.15) is 40.5 Å². The molecule has 188 valence electrons. The molecule has 0 aromatic heterocycles. The van der Waals surface area contributed by atoms with Crippen molar-refractivity contribution in [3.8, 4) is 0 Å². The molecule has 0 aromatic carbocycles. The number of alkyl halides is 2. The van der Waals surface area contributed by atoms with Crippen molar-refractivity contribution in [2.75, 3.05) is 13.3 Å². The number of hydrogen-bond donors (Lipinski definition) is 4. The normalized spacial score (nSPS) is 14.8. The maximum Gasteiger partial charge on any atom is 0.305 e. The number of rotatable bonds is 16. The monoisotopic (exact) mass is 480 g/mol. The van der Waals surface area contributed by atoms with Crippen LogP contribution in [-0.2, 0) is 33.5 Å². The van der Waals surface area contributed by atoms with Crippen molar-refractivity contribution < 1.29 is 52.5 Å². The number of Topliss-reactive ketones (excluding diaryl/α,β-unsaturated/α-hetero) is 2. The Morgan fingerprint density at radius 3 is 1.21 bits per heavy atom. The van der Waals surface area contributed by atoms with Gasteiger partial charge in [-0.2, -0.15) is 0 Å². The molecule has 4 unspecified atom stereocenters. The van der Waals surface area contributed by atoms with Crippen LogP contribution in [-0.4, -0.2) is 83.2 Å². The predicted molar refractivity (Wildman–Crippen MR) is 109 cm³/mol. The number of nitrogens with one attached hydrogen (secondary N) is 2. The smallest absolute Gasteiger partial charge is 0.305 e. The molecule has 4 atom stereocenters. The van der Waals surface area contributed by atoms with Crippen molar-refractivity contribution in [1.29, 1.82) is 0 Å². The van der Waals surface area contributed by atoms with E-state index in [2.05, 4.69) is 10.6 Å². The summed E-state index contributed by atoms with van der Waals surface area (Å²) >= 11 is 0. The Labute approximate surface area is 189 Å². The van der Waals surface area contributed by atoms with Gasteiger partial charge < -0.3 is 25.6 Å². The lowest BCUT2D eigenvalue weighted by molar-refractivity contribution is -0.155. The fourth-order valence-corrected chi connectivity index (χ4v) is 2.74. The van der Waals surface area contributed by atoms with Crippen molar-refractivity contribution in [3.05, 3.63) is 0 Å². The Kier molecular flexibility index (Phi) is 13.0. The van der Waals surface area contributed by atoms with Crippen LogP contribution in [0, 0.1) is 11.8 Å². The number of carboxylic acid groups (broad SMARTS) is 2. The predicted octanol–water partition coefficient (Wildman–Crippen LogP) is 0.0484. The Hall–Kier alpha value is -2.96. The number of carbonyl (C=O) groups is 6. The largest absolute Gasteiger partial charge is 0.481 e. The molecule has 0 heterocycles. The molecule has 0 aliphatic heterocycles. The summed E-state index contributed by atoms with van der Waals surface area (Å²) in [5.41, 5.74) is 0. The van der Waals surface area contributed by atoms with Gasteiger partial charge in [-0.15, -0.1) is 0 Å². The summed E-state index contributed by atoms with van der Waals surface area (Å²) in [5.74, 6) is -8.38. The third-order valence-corrected chi connectivity index (χ3v) is 4.45. The number of amides is 2. The highest BCUT2D eigenvalue weighted by atomic mass is 19.1. The zero-order valence-corrected chi connectivity index (χ0v) is 18.8. The van der Waals surface area contributed by atoms with Crippen LogP contribution >= 0.6 is 0 Å². The van der Waals surface area contributed by atoms with Gasteiger partial charge in [0.25, 0.3) is 0 Å². The Morgan fingerprint density at radius 2 is 1.00 bits per heavy atom. The van der Waals surface area contributed by atoms with Gasteiger partial charge in [-0.25, -0.2) is 8.78 Å². The van der Waals surface area contributed by atoms with Crippen LogP contribution in [0.5, 0.6) is 0 Å². The van der Waals surface area contributed by atoms with Crippen LogP contribution in [0.4, 0.5) is 8.78 Å². The molecule has 0 aliphatic carbocycles. The number of carboxylic acids is 2. The molecular formula is C20H30F2N2O9. The number of ether oxygens (including phenoxy) is 1. The van der Waals surface area contributed by atoms with E-state index < -0.39 is 97.6 Å². The highest BCUT2D eigenvalue weighted by Crippen LogP contribution is 2.17. The molecule has 0 rings (SSSR count). The Bertz CT molecular complexity index is 683. The molecule has 0 saturated heterocycles. The van der Waals surface area contributed by atoms with Crippen LogP contribution in [0.3, 0.4) is 0 Å². The highest BCUT2D eigenvalue weighted by molar-refractivity contribution is 5.95. The molecule has 13 heteroatoms. The van der Waals surface area contributed by atoms with E-state index in [0.29, 0.717) is 0 Å². The summed E-state index contributed by atoms with van der Waals surface area (Å²) in [6.07, 6.45) is -4.53. The maximum absolute atomic E-state index is 12.8. The van der Waals surface area contributed by atoms with Gasteiger partial charge in [0.1, 0.15) is 37.6 Å². The lowest BCUT2D eigenvalue weighted by atomic mass is 10.0. The van der Waals surface area contributed by atoms with Crippen molar-refractivity contribution in [2.45, 2.75) is 64.8 Å². The standard InChI is InChI=1S/C20H30F2N2O9/c1-9(2)17(19(31)23-11(5-15(27)28)13(25)7-21)33-18(10(3)4)20(32)24-12(6-16(29)30)14(26)8-22/h9-12,17-18H,5-8H2,1-4H3,(H,23,31)(H,24,32)(H,27,28)(H,29,30). The summed E-state index contributed by atoms with van der Waals surface area (Å²) in [6.45, 7) is 3.11. The molecule has 0 aliphatic rings. The van der Waals surface area contributed by atoms with Crippen molar-refractivity contribution in [3.63, 3.8) is 0 Å². The minimum Gasteiger partial charge on any atom is -0.481 e. The second-order valence-corrected chi connectivity index (χ2v) is 7.98. The first kappa shape index (κ1) is 30.0. The van der Waals surface area contributed by atoms with Gasteiger partial charge in [0.2, 0.25) is 11.8 Å². The van der Waals surface area contributed by atoms with E-state index in [1.807, 2.05) is 0 Å². The SMILES string of the molecule is CC(C)C(OC(C(=O)NC(CC(=O)O)C(=O)CF)C(C)C)C(=O)NC(CC(=O)O)C(=O)CF. The van der Waals surface area contributed by atoms with Crippen LogP contribution in [0.25, 0.3) is 0 Å². The number of ketones is 2. The Balaban J connectivity index is 5.66. The molecular weight excluding hydrogens is 450 g/mol. The average Bonchev–Trinajstić information content (AvgIpc) is 2.70. The fraction of sp³-hybridized carbons (Fsp3) is 0.700. The van der Waals surface area contributed by atoms with Gasteiger partial charge in [-0.3, -0.25) is 28.8 Å². The van der Waals surface area contributed by atoms with Crippen LogP contribution < -0.4 is 10.6 Å². The third-order valence-electron chi connectivity index (χ3n) is 4.45. The molecule has 4 N–H and O–H groups in total. The van der Waals surface area contributed by atoms with Crippen LogP contribution in [0.15, 0.2) is 0 Å². The Morgan fingerprint density at radius 1 is 0.697 bits per heavy atom. The van der Waals surface area contributed by atoms with E-state index in [4.69, 9.17) is 14.9 Å². The lowest BCUT2D eigenvalue weighted by Crippen LogP contribution is -2.53. The molecule has 0 aromatic rings. The molecule has 2 amide bonds. The van der Waals surface area contributed by atoms with Crippen LogP contribution in [0.2, 0.25) is 0 Å². The average molecular weight is 480 g/mol. The van der Waals surface area contributed by atoms with E-state index in [0.717, 1.165) is 0 Å². The quantitative estimate of drug-likeness (QED) is 0.238. The third kappa shape index (κ3) is 10.5. The van der Waals surface area contributed by atoms with E-state index in [1.165, 1.54) is 27.7 Å². The maximum atomic E-state index is 12.8. The molecule has 33 heavy (non-hydrogen) atoms. The second-order valence-electron chi connectivity index (χ2n) is 7.98. The number of aliphatic carboxylic acids is 2. The van der Waals surface area contributed by atoms with Crippen molar-refractivity contribution in [2.24, 2.45) is 11.8 Å². The number of halogens is 2. The van der Waals surface area contributed by atoms with E-state index in [1.54, 1.807) is 0 Å². The van der Waals surface area contributed by atoms with Gasteiger partial charge in [0, 0.05) is 0 Å². The molecule has 0 bridgehead atoms. The van der Waals surface area contributed by atoms with Gasteiger partial charge in [-0.05, 0) is 11.8 Å². The zero-order valence-electron chi connectivity index (χ0n) is 18.8. The minimum absolute atomic E-state index is 0.604. The van der Waals surface area contributed by atoms with Crippen molar-refractivity contribution in [1.82, 2.24) is 10.6 Å². The topological polar surface area (TPSA) is 176 Å². The summed E-state index contributed by atoms with van der Waals surface area (Å²) < 4.78 is 31.1. The summed E-state index contributed by atoms with van der Waals surface area (Å²) in [4.78, 5) is 70.5. The lowest BCUT2D eigenvalue weighted by Gasteiger charge is -2.30. The zero-order chi connectivity index (χ0) is 25.9. The first-order valence-corrected chi connectivity index (χ1v) is 10.1.